The van der Waals surface area contributed by atoms with Gasteiger partial charge in [0, 0.05) is 35.9 Å². The molecule has 0 saturated carbocycles. The number of aryl methyl sites for hydroxylation is 2. The molecular weight excluding hydrogens is 578 g/mol. The minimum Gasteiger partial charge on any atom is -0.394 e. The molecule has 0 radical (unpaired) electrons. The summed E-state index contributed by atoms with van der Waals surface area (Å²) in [5, 5.41) is 10.4. The molecule has 1 N–H and O–H groups in total. The van der Waals surface area contributed by atoms with Gasteiger partial charge in [0.1, 0.15) is 6.04 Å². The summed E-state index contributed by atoms with van der Waals surface area (Å²) >= 11 is 5.44. The highest BCUT2D eigenvalue weighted by Gasteiger charge is 2.76. The number of hydrogen-bond acceptors (Lipinski definition) is 5. The number of anilines is 1. The summed E-state index contributed by atoms with van der Waals surface area (Å²) in [6.45, 7) is 15.9. The number of benzene rings is 1. The Balaban J connectivity index is 1.88. The normalized spacial score (nSPS) is 29.9. The maximum absolute atomic E-state index is 14.8. The number of aliphatic hydroxyl groups is 1. The molecule has 9 heteroatoms. The van der Waals surface area contributed by atoms with Crippen LogP contribution in [0.2, 0.25) is 0 Å². The molecule has 3 fully saturated rings. The van der Waals surface area contributed by atoms with Gasteiger partial charge in [-0.05, 0) is 43.4 Å². The van der Waals surface area contributed by atoms with Gasteiger partial charge in [-0.2, -0.15) is 0 Å². The molecule has 2 bridgehead atoms. The third-order valence-corrected chi connectivity index (χ3v) is 11.8. The van der Waals surface area contributed by atoms with Gasteiger partial charge in [-0.3, -0.25) is 14.4 Å². The summed E-state index contributed by atoms with van der Waals surface area (Å²) in [6.07, 6.45) is 3.96. The van der Waals surface area contributed by atoms with E-state index < -0.39 is 28.7 Å². The first-order valence-corrected chi connectivity index (χ1v) is 15.3. The van der Waals surface area contributed by atoms with Crippen molar-refractivity contribution in [3.05, 3.63) is 54.6 Å². The molecule has 3 aliphatic rings. The van der Waals surface area contributed by atoms with Crippen LogP contribution in [0.25, 0.3) is 0 Å². The molecule has 3 aliphatic heterocycles. The van der Waals surface area contributed by atoms with E-state index in [0.29, 0.717) is 13.0 Å². The first kappa shape index (κ1) is 29.9. The number of rotatable bonds is 10. The van der Waals surface area contributed by atoms with Crippen LogP contribution in [0.3, 0.4) is 0 Å². The lowest BCUT2D eigenvalue weighted by atomic mass is 9.70. The van der Waals surface area contributed by atoms with Crippen molar-refractivity contribution in [1.29, 1.82) is 0 Å². The zero-order valence-electron chi connectivity index (χ0n) is 23.5. The van der Waals surface area contributed by atoms with Gasteiger partial charge < -0.3 is 19.8 Å². The van der Waals surface area contributed by atoms with E-state index in [2.05, 4.69) is 29.1 Å². The molecule has 1 spiro atoms. The molecule has 0 aliphatic carbocycles. The number of hydrogen-bond donors (Lipinski definition) is 1. The number of alkyl halides is 1. The van der Waals surface area contributed by atoms with Gasteiger partial charge in [-0.15, -0.1) is 24.9 Å². The first-order chi connectivity index (χ1) is 18.4. The zero-order valence-corrected chi connectivity index (χ0v) is 25.9. The minimum atomic E-state index is -0.827. The van der Waals surface area contributed by atoms with Gasteiger partial charge in [0.05, 0.1) is 29.2 Å². The highest BCUT2D eigenvalue weighted by atomic mass is 79.9. The standard InChI is InChI=1S/C30H40BrN3O4S/c1-8-12-32(7)27(36)23-24-28(37)34(22(16-35)17(3)4)26(30(24)15-20(31)25(23)39-30)29(38)33(13-9-2)21-14-18(5)10-11-19(21)6/h8-11,14,17,20,22-26,35H,1-2,12-13,15-16H2,3-7H3/t20?,22-,23-,24-,25-,26?,30?/m0/s1. The number of carbonyl (C=O) groups excluding carboxylic acids is 3. The maximum atomic E-state index is 14.8. The number of nitrogens with zero attached hydrogens (tertiary/aromatic N) is 3. The average molecular weight is 619 g/mol. The lowest BCUT2D eigenvalue weighted by Gasteiger charge is -2.41. The SMILES string of the molecule is C=CCN(C)C(=O)[C@H]1[C@H]2C(=O)N([C@@H](CO)C(C)C)C(C(=O)N(CC=C)c3cc(C)ccc3C)C23CC(Br)[C@@H]1S3. The van der Waals surface area contributed by atoms with Crippen molar-refractivity contribution in [3.8, 4) is 0 Å². The fourth-order valence-corrected chi connectivity index (χ4v) is 10.3. The predicted octanol–water partition coefficient (Wildman–Crippen LogP) is 3.95. The van der Waals surface area contributed by atoms with Gasteiger partial charge in [0.2, 0.25) is 11.8 Å². The second-order valence-electron chi connectivity index (χ2n) is 11.4. The van der Waals surface area contributed by atoms with Crippen molar-refractivity contribution < 1.29 is 19.5 Å². The summed E-state index contributed by atoms with van der Waals surface area (Å²) in [7, 11) is 1.73. The molecule has 7 atom stereocenters. The largest absolute Gasteiger partial charge is 0.394 e. The molecule has 39 heavy (non-hydrogen) atoms. The summed E-state index contributed by atoms with van der Waals surface area (Å²) in [5.41, 5.74) is 2.75. The fourth-order valence-electron chi connectivity index (χ4n) is 6.74. The van der Waals surface area contributed by atoms with Gasteiger partial charge in [-0.25, -0.2) is 0 Å². The van der Waals surface area contributed by atoms with Crippen LogP contribution in [-0.4, -0.2) is 86.3 Å². The molecule has 7 nitrogen and oxygen atoms in total. The van der Waals surface area contributed by atoms with Crippen molar-refractivity contribution in [2.75, 3.05) is 31.6 Å². The zero-order chi connectivity index (χ0) is 28.8. The molecule has 212 valence electrons. The van der Waals surface area contributed by atoms with E-state index in [0.717, 1.165) is 16.8 Å². The Labute approximate surface area is 244 Å². The Kier molecular flexibility index (Phi) is 8.74. The van der Waals surface area contributed by atoms with Crippen molar-refractivity contribution in [2.24, 2.45) is 17.8 Å². The van der Waals surface area contributed by atoms with E-state index in [4.69, 9.17) is 0 Å². The molecular formula is C30H40BrN3O4S. The lowest BCUT2D eigenvalue weighted by molar-refractivity contribution is -0.145. The maximum Gasteiger partial charge on any atom is 0.251 e. The van der Waals surface area contributed by atoms with E-state index in [-0.39, 0.29) is 46.9 Å². The van der Waals surface area contributed by atoms with Crippen LogP contribution in [0.1, 0.15) is 31.4 Å². The van der Waals surface area contributed by atoms with E-state index in [9.17, 15) is 19.5 Å². The van der Waals surface area contributed by atoms with Crippen molar-refractivity contribution >= 4 is 51.1 Å². The Morgan fingerprint density at radius 2 is 1.90 bits per heavy atom. The predicted molar refractivity (Wildman–Crippen MR) is 161 cm³/mol. The molecule has 1 aromatic rings. The quantitative estimate of drug-likeness (QED) is 0.318. The Morgan fingerprint density at radius 3 is 2.49 bits per heavy atom. The fraction of sp³-hybridized carbons (Fsp3) is 0.567. The number of aliphatic hydroxyl groups excluding tert-OH is 1. The topological polar surface area (TPSA) is 81.2 Å². The molecule has 1 aromatic carbocycles. The van der Waals surface area contributed by atoms with Gasteiger partial charge in [-0.1, -0.05) is 54.1 Å². The van der Waals surface area contributed by atoms with Crippen LogP contribution in [0, 0.1) is 31.6 Å². The summed E-state index contributed by atoms with van der Waals surface area (Å²) in [6, 6.07) is 4.61. The van der Waals surface area contributed by atoms with E-state index in [1.807, 2.05) is 45.9 Å². The van der Waals surface area contributed by atoms with E-state index in [1.165, 1.54) is 0 Å². The molecule has 3 unspecified atom stereocenters. The minimum absolute atomic E-state index is 0.0203. The Morgan fingerprint density at radius 1 is 1.23 bits per heavy atom. The van der Waals surface area contributed by atoms with Crippen molar-refractivity contribution in [1.82, 2.24) is 9.80 Å². The Hall–Kier alpha value is -2.10. The van der Waals surface area contributed by atoms with Crippen LogP contribution >= 0.6 is 27.7 Å². The molecule has 3 saturated heterocycles. The number of likely N-dealkylation sites (tertiary alicyclic amines) is 1. The van der Waals surface area contributed by atoms with Crippen LogP contribution in [0.5, 0.6) is 0 Å². The lowest BCUT2D eigenvalue weighted by Crippen LogP contribution is -2.59. The number of carbonyl (C=O) groups is 3. The second kappa shape index (κ2) is 11.4. The van der Waals surface area contributed by atoms with E-state index in [1.54, 1.807) is 45.7 Å². The van der Waals surface area contributed by atoms with Crippen molar-refractivity contribution in [2.45, 2.75) is 61.0 Å². The Bertz CT molecular complexity index is 1170. The number of likely N-dealkylation sites (N-methyl/N-ethyl adjacent to an activating group) is 1. The monoisotopic (exact) mass is 617 g/mol. The van der Waals surface area contributed by atoms with Gasteiger partial charge >= 0.3 is 0 Å². The number of thioether (sulfide) groups is 1. The smallest absolute Gasteiger partial charge is 0.251 e. The van der Waals surface area contributed by atoms with E-state index >= 15 is 0 Å². The third-order valence-electron chi connectivity index (χ3n) is 8.57. The number of fused-ring (bicyclic) bond motifs is 1. The number of amides is 3. The summed E-state index contributed by atoms with van der Waals surface area (Å²) in [5.74, 6) is -1.80. The molecule has 3 heterocycles. The average Bonchev–Trinajstić information content (AvgIpc) is 3.47. The van der Waals surface area contributed by atoms with Gasteiger partial charge in [0.25, 0.3) is 5.91 Å². The summed E-state index contributed by atoms with van der Waals surface area (Å²) < 4.78 is -0.790. The van der Waals surface area contributed by atoms with Crippen LogP contribution in [-0.2, 0) is 14.4 Å². The number of halogens is 1. The highest BCUT2D eigenvalue weighted by Crippen LogP contribution is 2.68. The van der Waals surface area contributed by atoms with Gasteiger partial charge in [0.15, 0.2) is 0 Å². The van der Waals surface area contributed by atoms with Crippen LogP contribution in [0.4, 0.5) is 5.69 Å². The summed E-state index contributed by atoms with van der Waals surface area (Å²) in [4.78, 5) is 48.0. The highest BCUT2D eigenvalue weighted by molar-refractivity contribution is 9.09. The van der Waals surface area contributed by atoms with Crippen molar-refractivity contribution in [3.63, 3.8) is 0 Å². The second-order valence-corrected chi connectivity index (χ2v) is 14.2. The van der Waals surface area contributed by atoms with Crippen LogP contribution in [0.15, 0.2) is 43.5 Å². The molecule has 0 aromatic heterocycles. The molecule has 3 amide bonds. The molecule has 4 rings (SSSR count). The third kappa shape index (κ3) is 4.78. The first-order valence-electron chi connectivity index (χ1n) is 13.5. The van der Waals surface area contributed by atoms with Crippen LogP contribution < -0.4 is 4.90 Å².